The highest BCUT2D eigenvalue weighted by molar-refractivity contribution is 7.13. The fraction of sp³-hybridized carbons (Fsp3) is 0. The summed E-state index contributed by atoms with van der Waals surface area (Å²) in [5.74, 6) is 0.747. The standard InChI is InChI=1S/C14H9FN2OS/c15-11-6-3-10(4-7-11)5-8-13-16-14(17-18-13)12-2-1-9-19-12/h1-9H/b8-5+. The van der Waals surface area contributed by atoms with Gasteiger partial charge in [0.25, 0.3) is 5.89 Å². The van der Waals surface area contributed by atoms with Crippen molar-refractivity contribution in [2.24, 2.45) is 0 Å². The summed E-state index contributed by atoms with van der Waals surface area (Å²) in [6.07, 6.45) is 3.50. The Morgan fingerprint density at radius 1 is 1.11 bits per heavy atom. The molecule has 2 heterocycles. The first-order valence-corrected chi connectivity index (χ1v) is 6.50. The molecule has 0 N–H and O–H groups in total. The van der Waals surface area contributed by atoms with Crippen LogP contribution < -0.4 is 0 Å². The Labute approximate surface area is 113 Å². The Bertz CT molecular complexity index is 687. The fourth-order valence-corrected chi connectivity index (χ4v) is 2.20. The van der Waals surface area contributed by atoms with Crippen molar-refractivity contribution in [1.82, 2.24) is 10.1 Å². The first-order valence-electron chi connectivity index (χ1n) is 5.62. The molecule has 0 aliphatic heterocycles. The first-order chi connectivity index (χ1) is 9.31. The van der Waals surface area contributed by atoms with E-state index in [1.165, 1.54) is 12.1 Å². The summed E-state index contributed by atoms with van der Waals surface area (Å²) in [5, 5.41) is 5.86. The van der Waals surface area contributed by atoms with Crippen molar-refractivity contribution < 1.29 is 8.91 Å². The van der Waals surface area contributed by atoms with Crippen LogP contribution in [0.15, 0.2) is 46.3 Å². The van der Waals surface area contributed by atoms with Crippen molar-refractivity contribution in [3.05, 3.63) is 59.0 Å². The molecule has 0 amide bonds. The summed E-state index contributed by atoms with van der Waals surface area (Å²) in [6.45, 7) is 0. The quantitative estimate of drug-likeness (QED) is 0.720. The Kier molecular flexibility index (Phi) is 3.20. The molecule has 3 aromatic rings. The van der Waals surface area contributed by atoms with Gasteiger partial charge in [-0.25, -0.2) is 4.39 Å². The van der Waals surface area contributed by atoms with Crippen LogP contribution >= 0.6 is 11.3 Å². The predicted molar refractivity (Wildman–Crippen MR) is 72.9 cm³/mol. The van der Waals surface area contributed by atoms with Gasteiger partial charge in [-0.05, 0) is 35.2 Å². The number of hydrogen-bond acceptors (Lipinski definition) is 4. The van der Waals surface area contributed by atoms with E-state index in [4.69, 9.17) is 4.52 Å². The molecular weight excluding hydrogens is 263 g/mol. The van der Waals surface area contributed by atoms with Crippen LogP contribution in [0.5, 0.6) is 0 Å². The van der Waals surface area contributed by atoms with Gasteiger partial charge in [-0.15, -0.1) is 11.3 Å². The highest BCUT2D eigenvalue weighted by Gasteiger charge is 2.06. The average Bonchev–Trinajstić information content (AvgIpc) is 3.09. The van der Waals surface area contributed by atoms with E-state index in [1.807, 2.05) is 17.5 Å². The maximum Gasteiger partial charge on any atom is 0.250 e. The minimum absolute atomic E-state index is 0.255. The molecule has 0 unspecified atom stereocenters. The third-order valence-electron chi connectivity index (χ3n) is 2.47. The highest BCUT2D eigenvalue weighted by Crippen LogP contribution is 2.21. The third kappa shape index (κ3) is 2.77. The summed E-state index contributed by atoms with van der Waals surface area (Å²) < 4.78 is 17.9. The number of aromatic nitrogens is 2. The normalized spacial score (nSPS) is 11.2. The van der Waals surface area contributed by atoms with Crippen LogP contribution in [0.1, 0.15) is 11.5 Å². The maximum absolute atomic E-state index is 12.7. The summed E-state index contributed by atoms with van der Waals surface area (Å²) in [4.78, 5) is 5.22. The van der Waals surface area contributed by atoms with E-state index in [0.29, 0.717) is 11.7 Å². The molecule has 94 valence electrons. The van der Waals surface area contributed by atoms with Gasteiger partial charge in [0.1, 0.15) is 5.82 Å². The van der Waals surface area contributed by atoms with Gasteiger partial charge in [0.15, 0.2) is 0 Å². The molecule has 0 aliphatic carbocycles. The number of rotatable bonds is 3. The van der Waals surface area contributed by atoms with Crippen LogP contribution in [0.25, 0.3) is 22.9 Å². The van der Waals surface area contributed by atoms with E-state index < -0.39 is 0 Å². The molecule has 0 bridgehead atoms. The summed E-state index contributed by atoms with van der Waals surface area (Å²) in [6, 6.07) is 10.0. The van der Waals surface area contributed by atoms with E-state index in [9.17, 15) is 4.39 Å². The van der Waals surface area contributed by atoms with Gasteiger partial charge in [0.2, 0.25) is 5.82 Å². The first kappa shape index (κ1) is 11.8. The Morgan fingerprint density at radius 3 is 2.68 bits per heavy atom. The molecule has 3 rings (SSSR count). The van der Waals surface area contributed by atoms with Crippen LogP contribution in [0, 0.1) is 5.82 Å². The Balaban J connectivity index is 1.78. The summed E-state index contributed by atoms with van der Waals surface area (Å²) in [7, 11) is 0. The van der Waals surface area contributed by atoms with E-state index in [-0.39, 0.29) is 5.82 Å². The van der Waals surface area contributed by atoms with Crippen LogP contribution in [-0.2, 0) is 0 Å². The smallest absolute Gasteiger partial charge is 0.250 e. The summed E-state index contributed by atoms with van der Waals surface area (Å²) in [5.41, 5.74) is 0.872. The predicted octanol–water partition coefficient (Wildman–Crippen LogP) is 4.11. The van der Waals surface area contributed by atoms with Gasteiger partial charge in [-0.1, -0.05) is 23.4 Å². The molecule has 0 aliphatic rings. The maximum atomic E-state index is 12.7. The van der Waals surface area contributed by atoms with Gasteiger partial charge >= 0.3 is 0 Å². The second kappa shape index (κ2) is 5.16. The lowest BCUT2D eigenvalue weighted by Gasteiger charge is -1.90. The van der Waals surface area contributed by atoms with E-state index in [2.05, 4.69) is 10.1 Å². The zero-order valence-corrected chi connectivity index (χ0v) is 10.6. The van der Waals surface area contributed by atoms with Crippen molar-refractivity contribution in [3.8, 4) is 10.7 Å². The molecule has 0 saturated heterocycles. The van der Waals surface area contributed by atoms with E-state index in [1.54, 1.807) is 35.6 Å². The van der Waals surface area contributed by atoms with Crippen LogP contribution in [0.3, 0.4) is 0 Å². The second-order valence-electron chi connectivity index (χ2n) is 3.82. The number of benzene rings is 1. The van der Waals surface area contributed by atoms with Crippen LogP contribution in [0.4, 0.5) is 4.39 Å². The zero-order chi connectivity index (χ0) is 13.1. The van der Waals surface area contributed by atoms with E-state index >= 15 is 0 Å². The molecule has 5 heteroatoms. The number of thiophene rings is 1. The lowest BCUT2D eigenvalue weighted by molar-refractivity contribution is 0.411. The molecule has 0 atom stereocenters. The largest absolute Gasteiger partial charge is 0.334 e. The Morgan fingerprint density at radius 2 is 1.95 bits per heavy atom. The lowest BCUT2D eigenvalue weighted by Crippen LogP contribution is -1.76. The molecule has 19 heavy (non-hydrogen) atoms. The molecule has 0 fully saturated rings. The molecule has 3 nitrogen and oxygen atoms in total. The molecule has 0 radical (unpaired) electrons. The number of hydrogen-bond donors (Lipinski definition) is 0. The molecule has 0 saturated carbocycles. The van der Waals surface area contributed by atoms with Crippen LogP contribution in [-0.4, -0.2) is 10.1 Å². The van der Waals surface area contributed by atoms with Crippen molar-refractivity contribution in [1.29, 1.82) is 0 Å². The Hall–Kier alpha value is -2.27. The van der Waals surface area contributed by atoms with Gasteiger partial charge in [0, 0.05) is 6.08 Å². The van der Waals surface area contributed by atoms with Crippen LogP contribution in [0.2, 0.25) is 0 Å². The van der Waals surface area contributed by atoms with Crippen molar-refractivity contribution >= 4 is 23.5 Å². The number of halogens is 1. The van der Waals surface area contributed by atoms with Gasteiger partial charge < -0.3 is 4.52 Å². The van der Waals surface area contributed by atoms with Gasteiger partial charge in [-0.2, -0.15) is 4.98 Å². The molecule has 1 aromatic carbocycles. The molecule has 0 spiro atoms. The molecular formula is C14H9FN2OS. The van der Waals surface area contributed by atoms with Crippen molar-refractivity contribution in [3.63, 3.8) is 0 Å². The van der Waals surface area contributed by atoms with E-state index in [0.717, 1.165) is 10.4 Å². The second-order valence-corrected chi connectivity index (χ2v) is 4.77. The minimum Gasteiger partial charge on any atom is -0.334 e. The minimum atomic E-state index is -0.255. The zero-order valence-electron chi connectivity index (χ0n) is 9.79. The van der Waals surface area contributed by atoms with Gasteiger partial charge in [0.05, 0.1) is 4.88 Å². The third-order valence-corrected chi connectivity index (χ3v) is 3.34. The van der Waals surface area contributed by atoms with Crippen molar-refractivity contribution in [2.45, 2.75) is 0 Å². The van der Waals surface area contributed by atoms with Gasteiger partial charge in [-0.3, -0.25) is 0 Å². The summed E-state index contributed by atoms with van der Waals surface area (Å²) >= 11 is 1.55. The average molecular weight is 272 g/mol. The van der Waals surface area contributed by atoms with Crippen molar-refractivity contribution in [2.75, 3.05) is 0 Å². The number of nitrogens with zero attached hydrogens (tertiary/aromatic N) is 2. The molecule has 2 aromatic heterocycles. The monoisotopic (exact) mass is 272 g/mol. The topological polar surface area (TPSA) is 38.9 Å². The highest BCUT2D eigenvalue weighted by atomic mass is 32.1. The fourth-order valence-electron chi connectivity index (χ4n) is 1.55. The lowest BCUT2D eigenvalue weighted by atomic mass is 10.2. The SMILES string of the molecule is Fc1ccc(/C=C/c2nc(-c3cccs3)no2)cc1.